The van der Waals surface area contributed by atoms with Crippen LogP contribution in [-0.2, 0) is 19.1 Å². The van der Waals surface area contributed by atoms with E-state index in [1.165, 1.54) is 11.8 Å². The number of hydrogen-bond donors (Lipinski definition) is 0. The molecule has 4 saturated carbocycles. The van der Waals surface area contributed by atoms with Gasteiger partial charge in [-0.15, -0.1) is 0 Å². The van der Waals surface area contributed by atoms with Crippen LogP contribution in [0.1, 0.15) is 33.1 Å². The molecule has 1 heterocycles. The molecule has 0 N–H and O–H groups in total. The molecule has 4 bridgehead atoms. The van der Waals surface area contributed by atoms with E-state index in [0.717, 1.165) is 19.3 Å². The van der Waals surface area contributed by atoms with Crippen molar-refractivity contribution in [1.29, 1.82) is 0 Å². The van der Waals surface area contributed by atoms with Crippen molar-refractivity contribution in [3.8, 4) is 0 Å². The van der Waals surface area contributed by atoms with E-state index in [0.29, 0.717) is 41.1 Å². The largest absolute Gasteiger partial charge is 0.462 e. The number of hydrogen-bond acceptors (Lipinski definition) is 4. The highest BCUT2D eigenvalue weighted by Crippen LogP contribution is 2.71. The monoisotopic (exact) mass is 329 g/mol. The van der Waals surface area contributed by atoms with Crippen molar-refractivity contribution in [3.05, 3.63) is 12.2 Å². The van der Waals surface area contributed by atoms with Crippen molar-refractivity contribution in [2.45, 2.75) is 45.3 Å². The summed E-state index contributed by atoms with van der Waals surface area (Å²) in [5.41, 5.74) is 0.448. The van der Waals surface area contributed by atoms with Gasteiger partial charge in [0.05, 0.1) is 12.0 Å². The van der Waals surface area contributed by atoms with E-state index >= 15 is 0 Å². The smallest absolute Gasteiger partial charge is 0.302 e. The van der Waals surface area contributed by atoms with E-state index in [9.17, 15) is 14.4 Å². The third-order valence-corrected chi connectivity index (χ3v) is 7.59. The van der Waals surface area contributed by atoms with Gasteiger partial charge in [-0.3, -0.25) is 19.3 Å². The van der Waals surface area contributed by atoms with Crippen LogP contribution in [0.25, 0.3) is 0 Å². The third-order valence-electron chi connectivity index (χ3n) is 7.59. The number of fused-ring (bicyclic) bond motifs is 12. The second-order valence-corrected chi connectivity index (χ2v) is 8.57. The maximum atomic E-state index is 12.6. The van der Waals surface area contributed by atoms with Crippen LogP contribution in [0.2, 0.25) is 0 Å². The van der Waals surface area contributed by atoms with Gasteiger partial charge in [0.15, 0.2) is 0 Å². The molecule has 5 nitrogen and oxygen atoms in total. The number of rotatable bonds is 2. The molecule has 9 unspecified atom stereocenters. The van der Waals surface area contributed by atoms with E-state index in [-0.39, 0.29) is 35.8 Å². The van der Waals surface area contributed by atoms with Gasteiger partial charge in [-0.05, 0) is 61.7 Å². The number of carbonyl (C=O) groups is 3. The summed E-state index contributed by atoms with van der Waals surface area (Å²) in [6.45, 7) is 6.88. The quantitative estimate of drug-likeness (QED) is 0.335. The average Bonchev–Trinajstić information content (AvgIpc) is 3.20. The fraction of sp³-hybridized carbons (Fsp3) is 0.737. The van der Waals surface area contributed by atoms with E-state index in [2.05, 4.69) is 6.58 Å². The molecule has 2 amide bonds. The third kappa shape index (κ3) is 1.54. The molecule has 5 rings (SSSR count). The van der Waals surface area contributed by atoms with Crippen LogP contribution in [0.3, 0.4) is 0 Å². The molecule has 24 heavy (non-hydrogen) atoms. The minimum atomic E-state index is -0.192. The molecule has 1 aliphatic heterocycles. The minimum absolute atomic E-state index is 0.00533. The predicted molar refractivity (Wildman–Crippen MR) is 84.3 cm³/mol. The Hall–Kier alpha value is -1.65. The van der Waals surface area contributed by atoms with Crippen molar-refractivity contribution in [2.75, 3.05) is 0 Å². The average molecular weight is 329 g/mol. The minimum Gasteiger partial charge on any atom is -0.462 e. The normalized spacial score (nSPS) is 49.7. The summed E-state index contributed by atoms with van der Waals surface area (Å²) in [6.07, 6.45) is 3.21. The second-order valence-electron chi connectivity index (χ2n) is 8.57. The number of nitrogens with zero attached hydrogens (tertiary/aromatic N) is 1. The van der Waals surface area contributed by atoms with Gasteiger partial charge < -0.3 is 4.74 Å². The second kappa shape index (κ2) is 4.50. The Morgan fingerprint density at radius 2 is 1.83 bits per heavy atom. The van der Waals surface area contributed by atoms with Crippen molar-refractivity contribution in [2.24, 2.45) is 41.4 Å². The summed E-state index contributed by atoms with van der Waals surface area (Å²) in [5, 5.41) is 0. The number of β-lactam (4-membered cyclic amide) rings is 1. The highest BCUT2D eigenvalue weighted by Gasteiger charge is 2.74. The Kier molecular flexibility index (Phi) is 2.75. The molecule has 1 saturated heterocycles. The molecule has 5 fully saturated rings. The summed E-state index contributed by atoms with van der Waals surface area (Å²) < 4.78 is 5.56. The maximum Gasteiger partial charge on any atom is 0.302 e. The lowest BCUT2D eigenvalue weighted by atomic mass is 9.61. The highest BCUT2D eigenvalue weighted by molar-refractivity contribution is 6.08. The predicted octanol–water partition coefficient (Wildman–Crippen LogP) is 1.77. The van der Waals surface area contributed by atoms with Crippen LogP contribution in [0.5, 0.6) is 0 Å². The number of carbonyl (C=O) groups excluding carboxylic acids is 3. The summed E-state index contributed by atoms with van der Waals surface area (Å²) in [4.78, 5) is 37.8. The van der Waals surface area contributed by atoms with Crippen LogP contribution in [0.15, 0.2) is 12.2 Å². The van der Waals surface area contributed by atoms with Gasteiger partial charge in [0.2, 0.25) is 5.91 Å². The molecule has 128 valence electrons. The van der Waals surface area contributed by atoms with Crippen molar-refractivity contribution in [3.63, 3.8) is 0 Å². The molecule has 0 radical (unpaired) electrons. The van der Waals surface area contributed by atoms with Gasteiger partial charge in [-0.2, -0.15) is 0 Å². The van der Waals surface area contributed by atoms with Crippen molar-refractivity contribution in [1.82, 2.24) is 4.90 Å². The van der Waals surface area contributed by atoms with Crippen LogP contribution in [0.4, 0.5) is 0 Å². The van der Waals surface area contributed by atoms with E-state index in [4.69, 9.17) is 4.74 Å². The number of amides is 2. The number of likely N-dealkylation sites (tertiary alicyclic amines) is 1. The Morgan fingerprint density at radius 1 is 1.08 bits per heavy atom. The first-order valence-corrected chi connectivity index (χ1v) is 9.10. The van der Waals surface area contributed by atoms with Crippen LogP contribution >= 0.6 is 0 Å². The molecule has 4 aliphatic carbocycles. The van der Waals surface area contributed by atoms with Gasteiger partial charge in [0.1, 0.15) is 6.10 Å². The van der Waals surface area contributed by atoms with Gasteiger partial charge in [-0.25, -0.2) is 0 Å². The van der Waals surface area contributed by atoms with Crippen molar-refractivity contribution < 1.29 is 19.1 Å². The first kappa shape index (κ1) is 14.7. The molecule has 5 heteroatoms. The number of ether oxygens (including phenoxy) is 1. The van der Waals surface area contributed by atoms with E-state index in [1.807, 2.05) is 0 Å². The Bertz CT molecular complexity index is 685. The number of esters is 1. The number of imide groups is 1. The zero-order chi connectivity index (χ0) is 16.9. The van der Waals surface area contributed by atoms with Gasteiger partial charge >= 0.3 is 5.97 Å². The molecule has 0 spiro atoms. The Balaban J connectivity index is 1.42. The Labute approximate surface area is 141 Å². The molecule has 0 aromatic carbocycles. The first-order chi connectivity index (χ1) is 11.4. The van der Waals surface area contributed by atoms with Gasteiger partial charge in [0, 0.05) is 12.5 Å². The first-order valence-electron chi connectivity index (χ1n) is 9.10. The standard InChI is InChI=1S/C19H23NO4/c1-7(2)18(22)20-17-12-6-11(16(17)19(20)23)15-10-4-9(14(12)15)5-13(10)24-8(3)21/h9-17H,1,4-6H2,2-3H3. The molecule has 0 aromatic rings. The Morgan fingerprint density at radius 3 is 2.50 bits per heavy atom. The lowest BCUT2D eigenvalue weighted by Gasteiger charge is -2.54. The van der Waals surface area contributed by atoms with Gasteiger partial charge in [-0.1, -0.05) is 6.58 Å². The highest BCUT2D eigenvalue weighted by atomic mass is 16.5. The summed E-state index contributed by atoms with van der Waals surface area (Å²) in [7, 11) is 0. The summed E-state index contributed by atoms with van der Waals surface area (Å²) >= 11 is 0. The molecule has 9 atom stereocenters. The van der Waals surface area contributed by atoms with Gasteiger partial charge in [0.25, 0.3) is 5.91 Å². The summed E-state index contributed by atoms with van der Waals surface area (Å²) in [6, 6.07) is 0.111. The lowest BCUT2D eigenvalue weighted by molar-refractivity contribution is -0.176. The van der Waals surface area contributed by atoms with E-state index < -0.39 is 0 Å². The maximum absolute atomic E-state index is 12.6. The molecule has 5 aliphatic rings. The van der Waals surface area contributed by atoms with E-state index in [1.54, 1.807) is 6.92 Å². The lowest BCUT2D eigenvalue weighted by Crippen LogP contribution is -2.68. The molecular weight excluding hydrogens is 306 g/mol. The topological polar surface area (TPSA) is 63.7 Å². The van der Waals surface area contributed by atoms with Crippen LogP contribution < -0.4 is 0 Å². The van der Waals surface area contributed by atoms with Crippen molar-refractivity contribution >= 4 is 17.8 Å². The SMILES string of the molecule is C=C(C)C(=O)N1C(=O)C2C3CC(C4C5CC(OC(C)=O)C(C5)C34)C21. The fourth-order valence-electron chi connectivity index (χ4n) is 7.23. The summed E-state index contributed by atoms with van der Waals surface area (Å²) in [5.74, 6) is 2.65. The van der Waals surface area contributed by atoms with Crippen LogP contribution in [0, 0.1) is 41.4 Å². The zero-order valence-electron chi connectivity index (χ0n) is 14.1. The van der Waals surface area contributed by atoms with Crippen LogP contribution in [-0.4, -0.2) is 34.8 Å². The molecule has 0 aromatic heterocycles. The zero-order valence-corrected chi connectivity index (χ0v) is 14.1. The molecular formula is C19H23NO4. The fourth-order valence-corrected chi connectivity index (χ4v) is 7.23.